The lowest BCUT2D eigenvalue weighted by atomic mass is 10.1. The van der Waals surface area contributed by atoms with Crippen LogP contribution in [0.25, 0.3) is 21.9 Å². The van der Waals surface area contributed by atoms with Crippen molar-refractivity contribution < 1.29 is 27.2 Å². The van der Waals surface area contributed by atoms with Gasteiger partial charge in [-0.25, -0.2) is 12.4 Å². The van der Waals surface area contributed by atoms with Crippen molar-refractivity contribution in [2.24, 2.45) is 0 Å². The highest BCUT2D eigenvalue weighted by molar-refractivity contribution is 7.90. The fourth-order valence-electron chi connectivity index (χ4n) is 4.65. The van der Waals surface area contributed by atoms with Gasteiger partial charge in [0.2, 0.25) is 5.78 Å². The standard InChI is InChI=1S/C31H21NO6S/c33-19-24-29-25(15-9-17-27(29)37-20-21-10-3-1-4-11-21)32(39(35,36)23-13-5-2-6-14-23)30(24)31(34)28-18-22-12-7-8-16-26(22)38-28/h1-19H,20H2. The maximum absolute atomic E-state index is 14.0. The van der Waals surface area contributed by atoms with Crippen LogP contribution in [0.15, 0.2) is 119 Å². The van der Waals surface area contributed by atoms with Gasteiger partial charge >= 0.3 is 0 Å². The molecular formula is C31H21NO6S. The molecule has 192 valence electrons. The Morgan fingerprint density at radius 1 is 0.846 bits per heavy atom. The minimum absolute atomic E-state index is 0.0337. The van der Waals surface area contributed by atoms with Crippen LogP contribution in [0.3, 0.4) is 0 Å². The summed E-state index contributed by atoms with van der Waals surface area (Å²) >= 11 is 0. The average Bonchev–Trinajstić information content (AvgIpc) is 3.57. The molecule has 0 spiro atoms. The largest absolute Gasteiger partial charge is 0.488 e. The molecule has 0 amide bonds. The SMILES string of the molecule is O=Cc1c(C(=O)c2cc3ccccc3o2)n(S(=O)(=O)c2ccccc2)c2cccc(OCc3ccccc3)c12. The van der Waals surface area contributed by atoms with Gasteiger partial charge in [-0.05, 0) is 42.0 Å². The molecule has 0 unspecified atom stereocenters. The van der Waals surface area contributed by atoms with Crippen LogP contribution in [-0.2, 0) is 16.6 Å². The third-order valence-electron chi connectivity index (χ3n) is 6.45. The molecule has 0 aliphatic heterocycles. The van der Waals surface area contributed by atoms with Crippen molar-refractivity contribution >= 4 is 44.0 Å². The van der Waals surface area contributed by atoms with Crippen molar-refractivity contribution in [2.45, 2.75) is 11.5 Å². The number of fused-ring (bicyclic) bond motifs is 2. The number of aromatic nitrogens is 1. The predicted octanol–water partition coefficient (Wildman–Crippen LogP) is 6.25. The Kier molecular flexibility index (Phi) is 6.09. The summed E-state index contributed by atoms with van der Waals surface area (Å²) in [6.07, 6.45) is 0.491. The van der Waals surface area contributed by atoms with Gasteiger partial charge < -0.3 is 9.15 Å². The number of carbonyl (C=O) groups is 2. The summed E-state index contributed by atoms with van der Waals surface area (Å²) < 4.78 is 40.8. The molecule has 0 aliphatic carbocycles. The van der Waals surface area contributed by atoms with Crippen molar-refractivity contribution in [1.82, 2.24) is 3.97 Å². The number of ketones is 1. The first-order valence-electron chi connectivity index (χ1n) is 12.1. The normalized spacial score (nSPS) is 11.6. The minimum Gasteiger partial charge on any atom is -0.488 e. The van der Waals surface area contributed by atoms with Crippen LogP contribution < -0.4 is 4.74 Å². The Balaban J connectivity index is 1.61. The van der Waals surface area contributed by atoms with E-state index in [1.807, 2.05) is 30.3 Å². The summed E-state index contributed by atoms with van der Waals surface area (Å²) in [4.78, 5) is 26.5. The number of carbonyl (C=O) groups excluding carboxylic acids is 2. The lowest BCUT2D eigenvalue weighted by Crippen LogP contribution is -2.20. The molecule has 0 saturated heterocycles. The van der Waals surface area contributed by atoms with E-state index in [1.54, 1.807) is 60.7 Å². The van der Waals surface area contributed by atoms with Crippen molar-refractivity contribution in [2.75, 3.05) is 0 Å². The van der Waals surface area contributed by atoms with E-state index in [2.05, 4.69) is 0 Å². The summed E-state index contributed by atoms with van der Waals surface area (Å²) in [7, 11) is -4.31. The Morgan fingerprint density at radius 3 is 2.26 bits per heavy atom. The molecule has 0 atom stereocenters. The third-order valence-corrected chi connectivity index (χ3v) is 8.18. The van der Waals surface area contributed by atoms with Crippen LogP contribution in [0, 0.1) is 0 Å². The van der Waals surface area contributed by atoms with E-state index in [-0.39, 0.29) is 45.2 Å². The topological polar surface area (TPSA) is 95.6 Å². The van der Waals surface area contributed by atoms with Gasteiger partial charge in [0.15, 0.2) is 12.0 Å². The molecule has 39 heavy (non-hydrogen) atoms. The second-order valence-electron chi connectivity index (χ2n) is 8.86. The molecule has 8 heteroatoms. The van der Waals surface area contributed by atoms with E-state index < -0.39 is 15.8 Å². The zero-order valence-corrected chi connectivity index (χ0v) is 21.3. The van der Waals surface area contributed by atoms with Crippen LogP contribution in [0.1, 0.15) is 32.2 Å². The summed E-state index contributed by atoms with van der Waals surface area (Å²) in [6, 6.07) is 30.6. The molecule has 0 fully saturated rings. The quantitative estimate of drug-likeness (QED) is 0.169. The van der Waals surface area contributed by atoms with Gasteiger partial charge in [-0.3, -0.25) is 9.59 Å². The Bertz CT molecular complexity index is 1920. The minimum atomic E-state index is -4.31. The Hall–Kier alpha value is -4.95. The van der Waals surface area contributed by atoms with E-state index >= 15 is 0 Å². The molecule has 2 heterocycles. The number of hydrogen-bond acceptors (Lipinski definition) is 6. The molecule has 4 aromatic carbocycles. The molecule has 7 nitrogen and oxygen atoms in total. The lowest BCUT2D eigenvalue weighted by Gasteiger charge is -2.12. The third kappa shape index (κ3) is 4.20. The van der Waals surface area contributed by atoms with Crippen LogP contribution in [0.5, 0.6) is 5.75 Å². The highest BCUT2D eigenvalue weighted by Crippen LogP contribution is 2.37. The van der Waals surface area contributed by atoms with Gasteiger partial charge in [0.25, 0.3) is 10.0 Å². The fourth-order valence-corrected chi connectivity index (χ4v) is 6.20. The maximum Gasteiger partial charge on any atom is 0.268 e. The lowest BCUT2D eigenvalue weighted by molar-refractivity contribution is 0.0998. The van der Waals surface area contributed by atoms with Crippen molar-refractivity contribution in [3.05, 3.63) is 132 Å². The Labute approximate surface area is 223 Å². The fraction of sp³-hybridized carbons (Fsp3) is 0.0323. The molecule has 0 N–H and O–H groups in total. The van der Waals surface area contributed by atoms with Gasteiger partial charge in [-0.1, -0.05) is 72.8 Å². The summed E-state index contributed by atoms with van der Waals surface area (Å²) in [5.74, 6) is -0.546. The molecule has 0 saturated carbocycles. The number of aldehydes is 1. The number of hydrogen-bond donors (Lipinski definition) is 0. The predicted molar refractivity (Wildman–Crippen MR) is 147 cm³/mol. The van der Waals surface area contributed by atoms with Crippen LogP contribution in [0.2, 0.25) is 0 Å². The molecule has 0 aliphatic rings. The monoisotopic (exact) mass is 535 g/mol. The summed E-state index contributed by atoms with van der Waals surface area (Å²) in [5.41, 5.74) is 1.08. The van der Waals surface area contributed by atoms with E-state index in [4.69, 9.17) is 9.15 Å². The first-order valence-corrected chi connectivity index (χ1v) is 13.6. The number of rotatable bonds is 8. The van der Waals surface area contributed by atoms with Gasteiger partial charge in [0.05, 0.1) is 21.4 Å². The second-order valence-corrected chi connectivity index (χ2v) is 10.7. The first-order chi connectivity index (χ1) is 19.0. The Morgan fingerprint density at radius 2 is 1.54 bits per heavy atom. The van der Waals surface area contributed by atoms with Crippen LogP contribution in [-0.4, -0.2) is 24.5 Å². The second kappa shape index (κ2) is 9.74. The average molecular weight is 536 g/mol. The van der Waals surface area contributed by atoms with Gasteiger partial charge in [-0.2, -0.15) is 0 Å². The molecule has 2 aromatic heterocycles. The van der Waals surface area contributed by atoms with Crippen molar-refractivity contribution in [1.29, 1.82) is 0 Å². The van der Waals surface area contributed by atoms with Crippen LogP contribution in [0.4, 0.5) is 0 Å². The number of para-hydroxylation sites is 1. The number of furan rings is 1. The first kappa shape index (κ1) is 24.4. The van der Waals surface area contributed by atoms with E-state index in [0.717, 1.165) is 9.54 Å². The highest BCUT2D eigenvalue weighted by Gasteiger charge is 2.33. The number of benzene rings is 4. The smallest absolute Gasteiger partial charge is 0.268 e. The van der Waals surface area contributed by atoms with Crippen LogP contribution >= 0.6 is 0 Å². The van der Waals surface area contributed by atoms with E-state index in [0.29, 0.717) is 17.3 Å². The number of nitrogens with zero attached hydrogens (tertiary/aromatic N) is 1. The number of ether oxygens (including phenoxy) is 1. The van der Waals surface area contributed by atoms with Gasteiger partial charge in [0, 0.05) is 5.39 Å². The van der Waals surface area contributed by atoms with E-state index in [1.165, 1.54) is 18.2 Å². The molecule has 0 radical (unpaired) electrons. The van der Waals surface area contributed by atoms with E-state index in [9.17, 15) is 18.0 Å². The molecular weight excluding hydrogens is 514 g/mol. The van der Waals surface area contributed by atoms with Crippen molar-refractivity contribution in [3.8, 4) is 5.75 Å². The molecule has 0 bridgehead atoms. The van der Waals surface area contributed by atoms with Crippen molar-refractivity contribution in [3.63, 3.8) is 0 Å². The zero-order chi connectivity index (χ0) is 27.0. The highest BCUT2D eigenvalue weighted by atomic mass is 32.2. The summed E-state index contributed by atoms with van der Waals surface area (Å²) in [6.45, 7) is 0.182. The molecule has 6 aromatic rings. The zero-order valence-electron chi connectivity index (χ0n) is 20.5. The van der Waals surface area contributed by atoms with Gasteiger partial charge in [0.1, 0.15) is 23.6 Å². The van der Waals surface area contributed by atoms with Gasteiger partial charge in [-0.15, -0.1) is 0 Å². The summed E-state index contributed by atoms with van der Waals surface area (Å²) in [5, 5.41) is 0.899. The molecule has 6 rings (SSSR count). The maximum atomic E-state index is 14.0.